The largest absolute Gasteiger partial charge is 0.324 e. The summed E-state index contributed by atoms with van der Waals surface area (Å²) in [5, 5.41) is 1.23. The van der Waals surface area contributed by atoms with Gasteiger partial charge in [-0.3, -0.25) is 0 Å². The van der Waals surface area contributed by atoms with Gasteiger partial charge in [0.05, 0.1) is 0 Å². The van der Waals surface area contributed by atoms with Crippen LogP contribution in [0.1, 0.15) is 6.92 Å². The van der Waals surface area contributed by atoms with Crippen LogP contribution in [0.3, 0.4) is 0 Å². The second-order valence-electron chi connectivity index (χ2n) is 2.51. The molecular formula is C9H13Cl2NS. The maximum Gasteiger partial charge on any atom is 0.0417 e. The smallest absolute Gasteiger partial charge is 0.0417 e. The third-order valence-electron chi connectivity index (χ3n) is 1.16. The molecule has 1 nitrogen and oxygen atoms in total. The Labute approximate surface area is 94.7 Å². The SMILES string of the molecule is C\C(Cl)=C/C(Cl)=C\C=C\C(N)CS. The summed E-state index contributed by atoms with van der Waals surface area (Å²) in [6.07, 6.45) is 7.02. The zero-order valence-electron chi connectivity index (χ0n) is 7.37. The molecule has 0 aliphatic heterocycles. The van der Waals surface area contributed by atoms with Crippen LogP contribution in [0, 0.1) is 0 Å². The Balaban J connectivity index is 4.11. The van der Waals surface area contributed by atoms with Crippen molar-refractivity contribution in [2.75, 3.05) is 5.75 Å². The fraction of sp³-hybridized carbons (Fsp3) is 0.333. The summed E-state index contributed by atoms with van der Waals surface area (Å²) in [6, 6.07) is -0.0369. The predicted molar refractivity (Wildman–Crippen MR) is 64.5 cm³/mol. The number of thiol groups is 1. The van der Waals surface area contributed by atoms with E-state index in [0.717, 1.165) is 0 Å². The molecule has 0 heterocycles. The summed E-state index contributed by atoms with van der Waals surface area (Å²) in [7, 11) is 0. The van der Waals surface area contributed by atoms with Gasteiger partial charge in [0.2, 0.25) is 0 Å². The highest BCUT2D eigenvalue weighted by Crippen LogP contribution is 2.09. The van der Waals surface area contributed by atoms with E-state index in [4.69, 9.17) is 28.9 Å². The highest BCUT2D eigenvalue weighted by atomic mass is 35.5. The standard InChI is InChI=1S/C9H13Cl2NS/c1-7(10)5-8(11)3-2-4-9(12)6-13/h2-5,9,13H,6,12H2,1H3/b4-2+,7-5+,8-3+. The first kappa shape index (κ1) is 13.1. The maximum atomic E-state index is 5.79. The van der Waals surface area contributed by atoms with E-state index < -0.39 is 0 Å². The van der Waals surface area contributed by atoms with Crippen molar-refractivity contribution in [2.24, 2.45) is 5.73 Å². The van der Waals surface area contributed by atoms with Crippen LogP contribution in [0.4, 0.5) is 0 Å². The number of nitrogens with two attached hydrogens (primary N) is 1. The van der Waals surface area contributed by atoms with Crippen LogP contribution in [0.25, 0.3) is 0 Å². The van der Waals surface area contributed by atoms with E-state index in [-0.39, 0.29) is 6.04 Å². The molecule has 0 fully saturated rings. The van der Waals surface area contributed by atoms with Crippen molar-refractivity contribution in [3.05, 3.63) is 34.4 Å². The van der Waals surface area contributed by atoms with Crippen molar-refractivity contribution in [1.29, 1.82) is 0 Å². The maximum absolute atomic E-state index is 5.79. The molecular weight excluding hydrogens is 225 g/mol. The van der Waals surface area contributed by atoms with Gasteiger partial charge in [-0.15, -0.1) is 0 Å². The van der Waals surface area contributed by atoms with Gasteiger partial charge in [-0.05, 0) is 19.1 Å². The molecule has 0 radical (unpaired) electrons. The van der Waals surface area contributed by atoms with Crippen LogP contribution in [0.5, 0.6) is 0 Å². The summed E-state index contributed by atoms with van der Waals surface area (Å²) in [4.78, 5) is 0. The molecule has 0 aromatic heterocycles. The molecule has 0 spiro atoms. The average molecular weight is 238 g/mol. The van der Waals surface area contributed by atoms with E-state index in [1.807, 2.05) is 6.08 Å². The van der Waals surface area contributed by atoms with Gasteiger partial charge in [-0.2, -0.15) is 12.6 Å². The molecule has 0 aliphatic rings. The van der Waals surface area contributed by atoms with Crippen LogP contribution in [0.2, 0.25) is 0 Å². The van der Waals surface area contributed by atoms with Gasteiger partial charge in [0.15, 0.2) is 0 Å². The molecule has 0 saturated heterocycles. The first-order valence-corrected chi connectivity index (χ1v) is 5.19. The topological polar surface area (TPSA) is 26.0 Å². The second-order valence-corrected chi connectivity index (χ2v) is 3.91. The molecule has 0 aromatic rings. The van der Waals surface area contributed by atoms with Crippen LogP contribution in [-0.4, -0.2) is 11.8 Å². The summed E-state index contributed by atoms with van der Waals surface area (Å²) >= 11 is 15.4. The van der Waals surface area contributed by atoms with E-state index in [1.54, 1.807) is 25.2 Å². The zero-order chi connectivity index (χ0) is 10.3. The Bertz CT molecular complexity index is 230. The molecule has 0 rings (SSSR count). The fourth-order valence-corrected chi connectivity index (χ4v) is 1.12. The van der Waals surface area contributed by atoms with Crippen LogP contribution in [-0.2, 0) is 0 Å². The number of hydrogen-bond acceptors (Lipinski definition) is 2. The third-order valence-corrected chi connectivity index (χ3v) is 1.93. The van der Waals surface area contributed by atoms with Crippen LogP contribution in [0.15, 0.2) is 34.4 Å². The van der Waals surface area contributed by atoms with Crippen molar-refractivity contribution < 1.29 is 0 Å². The fourth-order valence-electron chi connectivity index (χ4n) is 0.589. The Morgan fingerprint density at radius 1 is 1.54 bits per heavy atom. The average Bonchev–Trinajstić information content (AvgIpc) is 2.02. The molecule has 0 aromatic carbocycles. The lowest BCUT2D eigenvalue weighted by Crippen LogP contribution is -2.17. The van der Waals surface area contributed by atoms with Crippen molar-refractivity contribution in [3.63, 3.8) is 0 Å². The quantitative estimate of drug-likeness (QED) is 0.571. The lowest BCUT2D eigenvalue weighted by atomic mass is 10.3. The molecule has 2 N–H and O–H groups in total. The van der Waals surface area contributed by atoms with E-state index in [1.165, 1.54) is 0 Å². The minimum atomic E-state index is -0.0369. The van der Waals surface area contributed by atoms with Gasteiger partial charge in [0, 0.05) is 21.9 Å². The number of rotatable bonds is 4. The number of allylic oxidation sites excluding steroid dienone is 5. The van der Waals surface area contributed by atoms with E-state index in [0.29, 0.717) is 15.8 Å². The highest BCUT2D eigenvalue weighted by molar-refractivity contribution is 7.80. The Kier molecular flexibility index (Phi) is 7.57. The van der Waals surface area contributed by atoms with E-state index in [2.05, 4.69) is 12.6 Å². The van der Waals surface area contributed by atoms with Gasteiger partial charge in [-0.25, -0.2) is 0 Å². The molecule has 1 unspecified atom stereocenters. The highest BCUT2D eigenvalue weighted by Gasteiger charge is 1.89. The van der Waals surface area contributed by atoms with E-state index >= 15 is 0 Å². The van der Waals surface area contributed by atoms with Crippen molar-refractivity contribution >= 4 is 35.8 Å². The Morgan fingerprint density at radius 3 is 2.62 bits per heavy atom. The second kappa shape index (κ2) is 7.51. The monoisotopic (exact) mass is 237 g/mol. The predicted octanol–water partition coefficient (Wildman–Crippen LogP) is 3.07. The Morgan fingerprint density at radius 2 is 2.15 bits per heavy atom. The van der Waals surface area contributed by atoms with E-state index in [9.17, 15) is 0 Å². The van der Waals surface area contributed by atoms with Gasteiger partial charge < -0.3 is 5.73 Å². The van der Waals surface area contributed by atoms with Gasteiger partial charge in [0.1, 0.15) is 0 Å². The lowest BCUT2D eigenvalue weighted by molar-refractivity contribution is 0.944. The van der Waals surface area contributed by atoms with Gasteiger partial charge >= 0.3 is 0 Å². The summed E-state index contributed by atoms with van der Waals surface area (Å²) in [6.45, 7) is 1.76. The molecule has 0 amide bonds. The van der Waals surface area contributed by atoms with Crippen molar-refractivity contribution in [2.45, 2.75) is 13.0 Å². The van der Waals surface area contributed by atoms with Crippen LogP contribution >= 0.6 is 35.8 Å². The minimum Gasteiger partial charge on any atom is -0.324 e. The van der Waals surface area contributed by atoms with Crippen LogP contribution < -0.4 is 5.73 Å². The zero-order valence-corrected chi connectivity index (χ0v) is 9.78. The molecule has 0 aliphatic carbocycles. The van der Waals surface area contributed by atoms with Crippen molar-refractivity contribution in [3.8, 4) is 0 Å². The third kappa shape index (κ3) is 8.44. The summed E-state index contributed by atoms with van der Waals surface area (Å²) in [5.74, 6) is 0.617. The first-order valence-electron chi connectivity index (χ1n) is 3.80. The number of hydrogen-bond donors (Lipinski definition) is 2. The minimum absolute atomic E-state index is 0.0369. The normalized spacial score (nSPS) is 16.7. The molecule has 0 bridgehead atoms. The van der Waals surface area contributed by atoms with Gasteiger partial charge in [0.25, 0.3) is 0 Å². The summed E-state index contributed by atoms with van der Waals surface area (Å²) < 4.78 is 0. The lowest BCUT2D eigenvalue weighted by Gasteiger charge is -1.97. The molecule has 0 saturated carbocycles. The number of halogens is 2. The molecule has 1 atom stereocenters. The molecule has 74 valence electrons. The van der Waals surface area contributed by atoms with Crippen molar-refractivity contribution in [1.82, 2.24) is 0 Å². The molecule has 4 heteroatoms. The Hall–Kier alpha value is 0.110. The summed E-state index contributed by atoms with van der Waals surface area (Å²) in [5.41, 5.74) is 5.58. The van der Waals surface area contributed by atoms with Gasteiger partial charge in [-0.1, -0.05) is 35.4 Å². The first-order chi connectivity index (χ1) is 6.06. The molecule has 13 heavy (non-hydrogen) atoms.